The van der Waals surface area contributed by atoms with E-state index in [0.717, 1.165) is 62.6 Å². The standard InChI is InChI=1S/C29H31F2N7/c1-19(36-13-11-35(2)12-14-36)20-3-6-26(32-17-20)23-18-33-38-10-8-27(34-28(23)38)37-9-7-21-16-29(21,37)24-15-22(30)4-5-25(24)31/h3-6,8,10,15,17-19,21H,7,9,11-14,16H2,1-2H3/t19?,21-,29+/m0/s1. The van der Waals surface area contributed by atoms with Crippen molar-refractivity contribution in [2.75, 3.05) is 44.7 Å². The first-order valence-corrected chi connectivity index (χ1v) is 13.4. The lowest BCUT2D eigenvalue weighted by Crippen LogP contribution is -2.45. The Morgan fingerprint density at radius 3 is 2.61 bits per heavy atom. The van der Waals surface area contributed by atoms with E-state index in [2.05, 4.69) is 39.8 Å². The van der Waals surface area contributed by atoms with E-state index in [-0.39, 0.29) is 5.82 Å². The predicted octanol–water partition coefficient (Wildman–Crippen LogP) is 4.50. The van der Waals surface area contributed by atoms with Crippen molar-refractivity contribution in [2.24, 2.45) is 5.92 Å². The van der Waals surface area contributed by atoms with Gasteiger partial charge in [-0.05, 0) is 68.6 Å². The monoisotopic (exact) mass is 515 g/mol. The summed E-state index contributed by atoms with van der Waals surface area (Å²) in [5.41, 5.74) is 3.46. The van der Waals surface area contributed by atoms with E-state index in [1.54, 1.807) is 10.7 Å². The second-order valence-electron chi connectivity index (χ2n) is 11.0. The zero-order valence-electron chi connectivity index (χ0n) is 21.7. The molecule has 9 heteroatoms. The number of hydrogen-bond donors (Lipinski definition) is 0. The van der Waals surface area contributed by atoms with Crippen LogP contribution in [0.5, 0.6) is 0 Å². The van der Waals surface area contributed by atoms with Crippen LogP contribution in [0, 0.1) is 17.6 Å². The average molecular weight is 516 g/mol. The topological polar surface area (TPSA) is 52.8 Å². The van der Waals surface area contributed by atoms with Crippen molar-refractivity contribution in [3.8, 4) is 11.3 Å². The molecule has 1 unspecified atom stereocenters. The third kappa shape index (κ3) is 3.71. The van der Waals surface area contributed by atoms with Crippen molar-refractivity contribution < 1.29 is 8.78 Å². The molecule has 0 bridgehead atoms. The summed E-state index contributed by atoms with van der Waals surface area (Å²) in [5, 5.41) is 4.50. The molecule has 0 radical (unpaired) electrons. The highest BCUT2D eigenvalue weighted by Crippen LogP contribution is 2.63. The highest BCUT2D eigenvalue weighted by Gasteiger charge is 2.64. The fourth-order valence-electron chi connectivity index (χ4n) is 6.52. The molecule has 3 aliphatic rings. The summed E-state index contributed by atoms with van der Waals surface area (Å²) in [6.45, 7) is 7.26. The average Bonchev–Trinajstić information content (AvgIpc) is 3.31. The van der Waals surface area contributed by atoms with Gasteiger partial charge in [0.2, 0.25) is 0 Å². The third-order valence-electron chi connectivity index (χ3n) is 8.91. The minimum absolute atomic E-state index is 0.303. The van der Waals surface area contributed by atoms with Crippen molar-refractivity contribution in [1.29, 1.82) is 0 Å². The minimum Gasteiger partial charge on any atom is -0.346 e. The molecule has 196 valence electrons. The fraction of sp³-hybridized carbons (Fsp3) is 0.414. The van der Waals surface area contributed by atoms with Crippen LogP contribution in [0.15, 0.2) is 55.0 Å². The van der Waals surface area contributed by atoms with E-state index >= 15 is 0 Å². The van der Waals surface area contributed by atoms with E-state index in [1.807, 2.05) is 24.5 Å². The molecule has 5 heterocycles. The summed E-state index contributed by atoms with van der Waals surface area (Å²) in [7, 11) is 2.17. The molecule has 0 spiro atoms. The van der Waals surface area contributed by atoms with Gasteiger partial charge < -0.3 is 9.80 Å². The molecule has 1 aromatic carbocycles. The maximum absolute atomic E-state index is 14.9. The van der Waals surface area contributed by atoms with Crippen LogP contribution in [-0.2, 0) is 5.54 Å². The summed E-state index contributed by atoms with van der Waals surface area (Å²) in [6, 6.07) is 10.2. The lowest BCUT2D eigenvalue weighted by Gasteiger charge is -2.36. The first-order valence-electron chi connectivity index (χ1n) is 13.4. The normalized spacial score (nSPS) is 24.6. The summed E-state index contributed by atoms with van der Waals surface area (Å²) in [5.74, 6) is 0.286. The van der Waals surface area contributed by atoms with E-state index in [9.17, 15) is 8.78 Å². The van der Waals surface area contributed by atoms with Gasteiger partial charge in [0.15, 0.2) is 5.65 Å². The summed E-state index contributed by atoms with van der Waals surface area (Å²) in [6.07, 6.45) is 7.38. The third-order valence-corrected chi connectivity index (χ3v) is 8.91. The molecule has 7 rings (SSSR count). The molecular formula is C29H31F2N7. The van der Waals surface area contributed by atoms with Crippen LogP contribution in [0.25, 0.3) is 16.9 Å². The predicted molar refractivity (Wildman–Crippen MR) is 142 cm³/mol. The zero-order valence-corrected chi connectivity index (χ0v) is 21.7. The number of fused-ring (bicyclic) bond motifs is 2. The maximum atomic E-state index is 14.9. The van der Waals surface area contributed by atoms with Gasteiger partial charge in [0, 0.05) is 56.7 Å². The van der Waals surface area contributed by atoms with Gasteiger partial charge in [-0.15, -0.1) is 0 Å². The number of nitrogens with zero attached hydrogens (tertiary/aromatic N) is 7. The Balaban J connectivity index is 1.19. The summed E-state index contributed by atoms with van der Waals surface area (Å²) < 4.78 is 30.7. The Morgan fingerprint density at radius 2 is 1.84 bits per heavy atom. The number of piperazine rings is 1. The number of piperidine rings is 1. The molecule has 2 saturated heterocycles. The molecule has 1 saturated carbocycles. The first-order chi connectivity index (χ1) is 18.4. The van der Waals surface area contributed by atoms with Gasteiger partial charge >= 0.3 is 0 Å². The number of pyridine rings is 1. The first kappa shape index (κ1) is 23.7. The molecule has 3 atom stereocenters. The Morgan fingerprint density at radius 1 is 1.00 bits per heavy atom. The van der Waals surface area contributed by atoms with E-state index < -0.39 is 11.4 Å². The highest BCUT2D eigenvalue weighted by molar-refractivity contribution is 5.75. The minimum atomic E-state index is -0.531. The zero-order chi connectivity index (χ0) is 26.0. The molecule has 0 N–H and O–H groups in total. The fourth-order valence-corrected chi connectivity index (χ4v) is 6.52. The van der Waals surface area contributed by atoms with Crippen LogP contribution in [-0.4, -0.2) is 69.2 Å². The Kier molecular flexibility index (Phi) is 5.49. The molecule has 2 aliphatic heterocycles. The van der Waals surface area contributed by atoms with Gasteiger partial charge in [-0.25, -0.2) is 18.3 Å². The number of benzene rings is 1. The van der Waals surface area contributed by atoms with Crippen molar-refractivity contribution in [3.63, 3.8) is 0 Å². The molecule has 4 aromatic rings. The highest BCUT2D eigenvalue weighted by atomic mass is 19.1. The van der Waals surface area contributed by atoms with E-state index in [1.165, 1.54) is 23.8 Å². The van der Waals surface area contributed by atoms with Crippen molar-refractivity contribution in [3.05, 3.63) is 77.8 Å². The largest absolute Gasteiger partial charge is 0.346 e. The Hall–Kier alpha value is -3.43. The number of anilines is 1. The lowest BCUT2D eigenvalue weighted by atomic mass is 10.0. The number of halogens is 2. The second-order valence-corrected chi connectivity index (χ2v) is 11.0. The molecular weight excluding hydrogens is 484 g/mol. The molecule has 7 nitrogen and oxygen atoms in total. The molecule has 38 heavy (non-hydrogen) atoms. The maximum Gasteiger partial charge on any atom is 0.166 e. The Labute approximate surface area is 220 Å². The summed E-state index contributed by atoms with van der Waals surface area (Å²) >= 11 is 0. The van der Waals surface area contributed by atoms with Gasteiger partial charge in [0.05, 0.1) is 23.0 Å². The van der Waals surface area contributed by atoms with Gasteiger partial charge in [-0.1, -0.05) is 6.07 Å². The molecule has 3 fully saturated rings. The van der Waals surface area contributed by atoms with Crippen molar-refractivity contribution >= 4 is 11.5 Å². The van der Waals surface area contributed by atoms with E-state index in [0.29, 0.717) is 23.2 Å². The molecule has 3 aromatic heterocycles. The SMILES string of the molecule is CC(c1ccc(-c2cnn3ccc(N4CC[C@H]5C[C@]54c4cc(F)ccc4F)nc23)nc1)N1CCN(C)CC1. The Bertz CT molecular complexity index is 1490. The van der Waals surface area contributed by atoms with Gasteiger partial charge in [-0.3, -0.25) is 9.88 Å². The van der Waals surface area contributed by atoms with Crippen LogP contribution >= 0.6 is 0 Å². The second kappa shape index (κ2) is 8.81. The van der Waals surface area contributed by atoms with Gasteiger partial charge in [0.1, 0.15) is 17.5 Å². The number of rotatable bonds is 5. The van der Waals surface area contributed by atoms with Crippen LogP contribution in [0.4, 0.5) is 14.6 Å². The smallest absolute Gasteiger partial charge is 0.166 e. The van der Waals surface area contributed by atoms with Crippen LogP contribution in [0.3, 0.4) is 0 Å². The van der Waals surface area contributed by atoms with Crippen molar-refractivity contribution in [2.45, 2.75) is 31.3 Å². The molecule has 0 amide bonds. The summed E-state index contributed by atoms with van der Waals surface area (Å²) in [4.78, 5) is 16.8. The van der Waals surface area contributed by atoms with Gasteiger partial charge in [0.25, 0.3) is 0 Å². The number of likely N-dealkylation sites (N-methyl/N-ethyl adjacent to an activating group) is 1. The lowest BCUT2D eigenvalue weighted by molar-refractivity contribution is 0.119. The van der Waals surface area contributed by atoms with Crippen LogP contribution in [0.2, 0.25) is 0 Å². The number of hydrogen-bond acceptors (Lipinski definition) is 6. The van der Waals surface area contributed by atoms with E-state index in [4.69, 9.17) is 9.97 Å². The quantitative estimate of drug-likeness (QED) is 0.390. The molecule has 1 aliphatic carbocycles. The number of aromatic nitrogens is 4. The van der Waals surface area contributed by atoms with Crippen molar-refractivity contribution in [1.82, 2.24) is 29.4 Å². The van der Waals surface area contributed by atoms with Gasteiger partial charge in [-0.2, -0.15) is 5.10 Å². The van der Waals surface area contributed by atoms with Crippen LogP contribution in [0.1, 0.15) is 36.9 Å². The van der Waals surface area contributed by atoms with Crippen LogP contribution < -0.4 is 4.90 Å².